The Kier molecular flexibility index (Phi) is 4.57. The predicted molar refractivity (Wildman–Crippen MR) is 87.4 cm³/mol. The van der Waals surface area contributed by atoms with Gasteiger partial charge in [0.15, 0.2) is 11.5 Å². The number of rotatable bonds is 4. The SMILES string of the molecule is COc1cc(C=CC(=O)OC2CC3CCC(C2)N3C)ccc1O. The average molecular weight is 317 g/mol. The summed E-state index contributed by atoms with van der Waals surface area (Å²) in [5.41, 5.74) is 0.778. The second kappa shape index (κ2) is 6.62. The first-order chi connectivity index (χ1) is 11.1. The summed E-state index contributed by atoms with van der Waals surface area (Å²) in [5, 5.41) is 9.56. The van der Waals surface area contributed by atoms with E-state index in [2.05, 4.69) is 11.9 Å². The second-order valence-electron chi connectivity index (χ2n) is 6.35. The topological polar surface area (TPSA) is 59.0 Å². The molecule has 0 aliphatic carbocycles. The minimum atomic E-state index is -0.314. The Bertz CT molecular complexity index is 599. The molecule has 0 spiro atoms. The molecule has 2 unspecified atom stereocenters. The van der Waals surface area contributed by atoms with Gasteiger partial charge in [0.05, 0.1) is 7.11 Å². The molecular formula is C18H23NO4. The Labute approximate surface area is 136 Å². The van der Waals surface area contributed by atoms with Crippen LogP contribution >= 0.6 is 0 Å². The summed E-state index contributed by atoms with van der Waals surface area (Å²) in [4.78, 5) is 14.4. The second-order valence-corrected chi connectivity index (χ2v) is 6.35. The van der Waals surface area contributed by atoms with Crippen molar-refractivity contribution in [3.05, 3.63) is 29.8 Å². The van der Waals surface area contributed by atoms with Crippen LogP contribution in [0.25, 0.3) is 6.08 Å². The number of carbonyl (C=O) groups excluding carboxylic acids is 1. The van der Waals surface area contributed by atoms with Gasteiger partial charge in [-0.25, -0.2) is 4.79 Å². The van der Waals surface area contributed by atoms with E-state index >= 15 is 0 Å². The van der Waals surface area contributed by atoms with Crippen molar-refractivity contribution in [1.82, 2.24) is 4.90 Å². The van der Waals surface area contributed by atoms with Gasteiger partial charge in [0.1, 0.15) is 6.10 Å². The van der Waals surface area contributed by atoms with Crippen molar-refractivity contribution in [3.8, 4) is 11.5 Å². The smallest absolute Gasteiger partial charge is 0.331 e. The molecule has 2 fully saturated rings. The summed E-state index contributed by atoms with van der Waals surface area (Å²) in [6.07, 6.45) is 7.41. The number of fused-ring (bicyclic) bond motifs is 2. The molecule has 5 heteroatoms. The monoisotopic (exact) mass is 317 g/mol. The van der Waals surface area contributed by atoms with Gasteiger partial charge < -0.3 is 19.5 Å². The maximum atomic E-state index is 12.0. The number of benzene rings is 1. The van der Waals surface area contributed by atoms with E-state index in [4.69, 9.17) is 9.47 Å². The first-order valence-electron chi connectivity index (χ1n) is 8.04. The fraction of sp³-hybridized carbons (Fsp3) is 0.500. The highest BCUT2D eigenvalue weighted by molar-refractivity contribution is 5.87. The number of hydrogen-bond donors (Lipinski definition) is 1. The summed E-state index contributed by atoms with van der Waals surface area (Å²) in [5.74, 6) is 0.146. The van der Waals surface area contributed by atoms with E-state index in [0.717, 1.165) is 18.4 Å². The van der Waals surface area contributed by atoms with Crippen LogP contribution in [0.1, 0.15) is 31.2 Å². The molecule has 5 nitrogen and oxygen atoms in total. The number of phenolic OH excluding ortho intramolecular Hbond substituents is 1. The van der Waals surface area contributed by atoms with E-state index in [0.29, 0.717) is 17.8 Å². The fourth-order valence-corrected chi connectivity index (χ4v) is 3.62. The van der Waals surface area contributed by atoms with E-state index in [-0.39, 0.29) is 17.8 Å². The van der Waals surface area contributed by atoms with Gasteiger partial charge in [-0.15, -0.1) is 0 Å². The lowest BCUT2D eigenvalue weighted by Crippen LogP contribution is -2.43. The fourth-order valence-electron chi connectivity index (χ4n) is 3.62. The minimum Gasteiger partial charge on any atom is -0.504 e. The highest BCUT2D eigenvalue weighted by atomic mass is 16.5. The molecule has 3 rings (SSSR count). The third kappa shape index (κ3) is 3.50. The summed E-state index contributed by atoms with van der Waals surface area (Å²) < 4.78 is 10.6. The van der Waals surface area contributed by atoms with Crippen LogP contribution in [0.3, 0.4) is 0 Å². The molecule has 2 aliphatic rings. The number of piperidine rings is 1. The molecule has 0 aromatic heterocycles. The van der Waals surface area contributed by atoms with Crippen molar-refractivity contribution in [1.29, 1.82) is 0 Å². The molecule has 1 N–H and O–H groups in total. The van der Waals surface area contributed by atoms with Gasteiger partial charge in [-0.2, -0.15) is 0 Å². The molecule has 2 heterocycles. The van der Waals surface area contributed by atoms with Crippen molar-refractivity contribution in [2.45, 2.75) is 43.9 Å². The first kappa shape index (κ1) is 15.9. The van der Waals surface area contributed by atoms with E-state index in [9.17, 15) is 9.90 Å². The number of methoxy groups -OCH3 is 1. The van der Waals surface area contributed by atoms with Gasteiger partial charge in [0.25, 0.3) is 0 Å². The standard InChI is InChI=1S/C18H23NO4/c1-19-13-5-6-14(19)11-15(10-13)23-18(21)8-4-12-3-7-16(20)17(9-12)22-2/h3-4,7-9,13-15,20H,5-6,10-11H2,1-2H3. The molecule has 23 heavy (non-hydrogen) atoms. The van der Waals surface area contributed by atoms with Gasteiger partial charge in [0, 0.05) is 31.0 Å². The van der Waals surface area contributed by atoms with Gasteiger partial charge in [-0.05, 0) is 43.7 Å². The van der Waals surface area contributed by atoms with E-state index in [1.165, 1.54) is 26.0 Å². The van der Waals surface area contributed by atoms with Gasteiger partial charge in [0.2, 0.25) is 0 Å². The molecule has 1 aromatic rings. The Morgan fingerprint density at radius 1 is 1.30 bits per heavy atom. The van der Waals surface area contributed by atoms with Crippen LogP contribution in [0.4, 0.5) is 0 Å². The largest absolute Gasteiger partial charge is 0.504 e. The van der Waals surface area contributed by atoms with Crippen LogP contribution < -0.4 is 4.74 Å². The van der Waals surface area contributed by atoms with Crippen LogP contribution in [0, 0.1) is 0 Å². The molecule has 1 aromatic carbocycles. The number of nitrogens with zero attached hydrogens (tertiary/aromatic N) is 1. The van der Waals surface area contributed by atoms with E-state index in [1.807, 2.05) is 0 Å². The first-order valence-corrected chi connectivity index (χ1v) is 8.04. The summed E-state index contributed by atoms with van der Waals surface area (Å²) in [6.45, 7) is 0. The molecule has 0 radical (unpaired) electrons. The maximum absolute atomic E-state index is 12.0. The van der Waals surface area contributed by atoms with Gasteiger partial charge >= 0.3 is 5.97 Å². The molecule has 0 amide bonds. The van der Waals surface area contributed by atoms with E-state index < -0.39 is 0 Å². The van der Waals surface area contributed by atoms with Crippen LogP contribution in [0.15, 0.2) is 24.3 Å². The van der Waals surface area contributed by atoms with Crippen molar-refractivity contribution in [2.24, 2.45) is 0 Å². The molecule has 0 saturated carbocycles. The molecule has 2 aliphatic heterocycles. The van der Waals surface area contributed by atoms with Crippen molar-refractivity contribution in [3.63, 3.8) is 0 Å². The van der Waals surface area contributed by atoms with Crippen LogP contribution in [-0.2, 0) is 9.53 Å². The Morgan fingerprint density at radius 3 is 2.65 bits per heavy atom. The molecule has 124 valence electrons. The number of aromatic hydroxyl groups is 1. The summed E-state index contributed by atoms with van der Waals surface area (Å²) in [6, 6.07) is 6.04. The zero-order valence-corrected chi connectivity index (χ0v) is 13.6. The molecule has 2 bridgehead atoms. The minimum absolute atomic E-state index is 0.0233. The Balaban J connectivity index is 1.57. The van der Waals surface area contributed by atoms with Gasteiger partial charge in [-0.1, -0.05) is 6.07 Å². The normalized spacial score (nSPS) is 27.3. The maximum Gasteiger partial charge on any atom is 0.331 e. The molecular weight excluding hydrogens is 294 g/mol. The number of esters is 1. The quantitative estimate of drug-likeness (QED) is 0.683. The Morgan fingerprint density at radius 2 is 2.00 bits per heavy atom. The number of phenols is 1. The van der Waals surface area contributed by atoms with Gasteiger partial charge in [-0.3, -0.25) is 0 Å². The van der Waals surface area contributed by atoms with E-state index in [1.54, 1.807) is 24.3 Å². The van der Waals surface area contributed by atoms with Crippen molar-refractivity contribution in [2.75, 3.05) is 14.2 Å². The lowest BCUT2D eigenvalue weighted by atomic mass is 10.0. The zero-order valence-electron chi connectivity index (χ0n) is 13.6. The Hall–Kier alpha value is -2.01. The number of carbonyl (C=O) groups is 1. The highest BCUT2D eigenvalue weighted by Gasteiger charge is 2.39. The molecule has 2 saturated heterocycles. The van der Waals surface area contributed by atoms with Crippen molar-refractivity contribution >= 4 is 12.0 Å². The molecule has 2 atom stereocenters. The summed E-state index contributed by atoms with van der Waals surface area (Å²) >= 11 is 0. The summed E-state index contributed by atoms with van der Waals surface area (Å²) in [7, 11) is 3.66. The lowest BCUT2D eigenvalue weighted by molar-refractivity contribution is -0.146. The third-order valence-electron chi connectivity index (χ3n) is 4.95. The predicted octanol–water partition coefficient (Wildman–Crippen LogP) is 2.58. The van der Waals surface area contributed by atoms with Crippen LogP contribution in [0.5, 0.6) is 11.5 Å². The average Bonchev–Trinajstić information content (AvgIpc) is 2.75. The zero-order chi connectivity index (χ0) is 16.4. The van der Waals surface area contributed by atoms with Crippen LogP contribution in [0.2, 0.25) is 0 Å². The number of hydrogen-bond acceptors (Lipinski definition) is 5. The van der Waals surface area contributed by atoms with Crippen molar-refractivity contribution < 1.29 is 19.4 Å². The third-order valence-corrected chi connectivity index (χ3v) is 4.95. The lowest BCUT2D eigenvalue weighted by Gasteiger charge is -2.35. The number of ether oxygens (including phenoxy) is 2. The van der Waals surface area contributed by atoms with Crippen LogP contribution in [-0.4, -0.2) is 48.3 Å². The highest BCUT2D eigenvalue weighted by Crippen LogP contribution is 2.35.